The third-order valence-electron chi connectivity index (χ3n) is 3.74. The average Bonchev–Trinajstić information content (AvgIpc) is 2.59. The van der Waals surface area contributed by atoms with Crippen LogP contribution in [0.4, 0.5) is 0 Å². The molecule has 0 fully saturated rings. The van der Waals surface area contributed by atoms with Gasteiger partial charge in [-0.05, 0) is 31.5 Å². The van der Waals surface area contributed by atoms with E-state index in [-0.39, 0.29) is 5.97 Å². The van der Waals surface area contributed by atoms with E-state index < -0.39 is 0 Å². The molecule has 0 aromatic heterocycles. The van der Waals surface area contributed by atoms with Crippen molar-refractivity contribution in [3.05, 3.63) is 35.9 Å². The summed E-state index contributed by atoms with van der Waals surface area (Å²) in [6.45, 7) is 8.56. The Hall–Kier alpha value is -1.72. The maximum atomic E-state index is 12.1. The molecule has 0 bridgehead atoms. The molecule has 0 saturated heterocycles. The standard InChI is InChI=1S/C19H30N2O3/c1-3-10-20(14-15-22)12-13-21(11-4-2)16-19(23)24-17-18-8-6-5-7-9-18/h5-9,15H,3-4,10-14,16-17H2,1-2H3. The normalized spacial score (nSPS) is 11.0. The third kappa shape index (κ3) is 8.79. The zero-order chi connectivity index (χ0) is 17.6. The average molecular weight is 334 g/mol. The number of rotatable bonds is 13. The van der Waals surface area contributed by atoms with Crippen molar-refractivity contribution in [2.24, 2.45) is 0 Å². The van der Waals surface area contributed by atoms with Crippen molar-refractivity contribution in [1.29, 1.82) is 0 Å². The molecule has 0 atom stereocenters. The minimum Gasteiger partial charge on any atom is -0.460 e. The molecule has 0 heterocycles. The minimum atomic E-state index is -0.204. The van der Waals surface area contributed by atoms with Gasteiger partial charge in [0.25, 0.3) is 0 Å². The number of benzene rings is 1. The fraction of sp³-hybridized carbons (Fsp3) is 0.579. The quantitative estimate of drug-likeness (QED) is 0.409. The number of carbonyl (C=O) groups is 2. The van der Waals surface area contributed by atoms with E-state index in [1.807, 2.05) is 30.3 Å². The lowest BCUT2D eigenvalue weighted by molar-refractivity contribution is -0.146. The topological polar surface area (TPSA) is 49.9 Å². The molecule has 0 aliphatic carbocycles. The van der Waals surface area contributed by atoms with Gasteiger partial charge in [-0.25, -0.2) is 0 Å². The van der Waals surface area contributed by atoms with Crippen LogP contribution in [0.3, 0.4) is 0 Å². The second-order valence-corrected chi connectivity index (χ2v) is 5.89. The molecule has 1 rings (SSSR count). The van der Waals surface area contributed by atoms with Crippen LogP contribution in [0, 0.1) is 0 Å². The van der Waals surface area contributed by atoms with E-state index in [4.69, 9.17) is 4.74 Å². The van der Waals surface area contributed by atoms with Crippen LogP contribution in [0.5, 0.6) is 0 Å². The Labute approximate surface area is 145 Å². The van der Waals surface area contributed by atoms with Crippen molar-refractivity contribution in [3.63, 3.8) is 0 Å². The van der Waals surface area contributed by atoms with E-state index in [1.54, 1.807) is 0 Å². The fourth-order valence-electron chi connectivity index (χ4n) is 2.55. The highest BCUT2D eigenvalue weighted by molar-refractivity contribution is 5.71. The lowest BCUT2D eigenvalue weighted by Crippen LogP contribution is -2.39. The van der Waals surface area contributed by atoms with Gasteiger partial charge in [0.05, 0.1) is 13.1 Å². The second-order valence-electron chi connectivity index (χ2n) is 5.89. The van der Waals surface area contributed by atoms with Gasteiger partial charge in [-0.3, -0.25) is 14.6 Å². The van der Waals surface area contributed by atoms with Crippen LogP contribution in [0.15, 0.2) is 30.3 Å². The molecule has 0 N–H and O–H groups in total. The minimum absolute atomic E-state index is 0.204. The van der Waals surface area contributed by atoms with E-state index >= 15 is 0 Å². The van der Waals surface area contributed by atoms with Crippen LogP contribution >= 0.6 is 0 Å². The number of aldehydes is 1. The summed E-state index contributed by atoms with van der Waals surface area (Å²) in [4.78, 5) is 27.0. The number of esters is 1. The van der Waals surface area contributed by atoms with Crippen molar-refractivity contribution in [2.75, 3.05) is 39.3 Å². The van der Waals surface area contributed by atoms with Gasteiger partial charge in [0, 0.05) is 13.1 Å². The van der Waals surface area contributed by atoms with Gasteiger partial charge in [0.1, 0.15) is 12.9 Å². The molecule has 0 aliphatic heterocycles. The van der Waals surface area contributed by atoms with Crippen molar-refractivity contribution in [2.45, 2.75) is 33.3 Å². The summed E-state index contributed by atoms with van der Waals surface area (Å²) in [6, 6.07) is 9.69. The fourth-order valence-corrected chi connectivity index (χ4v) is 2.55. The highest BCUT2D eigenvalue weighted by Gasteiger charge is 2.13. The number of nitrogens with zero attached hydrogens (tertiary/aromatic N) is 2. The van der Waals surface area contributed by atoms with Crippen molar-refractivity contribution >= 4 is 12.3 Å². The van der Waals surface area contributed by atoms with Crippen LogP contribution in [-0.2, 0) is 20.9 Å². The van der Waals surface area contributed by atoms with Crippen molar-refractivity contribution in [3.8, 4) is 0 Å². The zero-order valence-corrected chi connectivity index (χ0v) is 14.9. The maximum Gasteiger partial charge on any atom is 0.320 e. The van der Waals surface area contributed by atoms with Gasteiger partial charge < -0.3 is 9.53 Å². The molecule has 134 valence electrons. The van der Waals surface area contributed by atoms with E-state index in [0.29, 0.717) is 19.7 Å². The second kappa shape index (κ2) is 12.7. The van der Waals surface area contributed by atoms with E-state index in [9.17, 15) is 9.59 Å². The summed E-state index contributed by atoms with van der Waals surface area (Å²) in [6.07, 6.45) is 2.93. The first-order valence-corrected chi connectivity index (χ1v) is 8.77. The summed E-state index contributed by atoms with van der Waals surface area (Å²) in [7, 11) is 0. The van der Waals surface area contributed by atoms with E-state index in [2.05, 4.69) is 23.6 Å². The van der Waals surface area contributed by atoms with Gasteiger partial charge in [-0.2, -0.15) is 0 Å². The molecule has 1 aromatic rings. The summed E-state index contributed by atoms with van der Waals surface area (Å²) < 4.78 is 5.36. The Morgan fingerprint density at radius 1 is 1.00 bits per heavy atom. The molecule has 0 aliphatic rings. The molecular formula is C19H30N2O3. The Morgan fingerprint density at radius 2 is 1.62 bits per heavy atom. The lowest BCUT2D eigenvalue weighted by atomic mass is 10.2. The predicted octanol–water partition coefficient (Wildman–Crippen LogP) is 2.35. The van der Waals surface area contributed by atoms with Gasteiger partial charge >= 0.3 is 5.97 Å². The highest BCUT2D eigenvalue weighted by Crippen LogP contribution is 2.02. The van der Waals surface area contributed by atoms with Crippen LogP contribution in [0.2, 0.25) is 0 Å². The van der Waals surface area contributed by atoms with Gasteiger partial charge in [-0.15, -0.1) is 0 Å². The van der Waals surface area contributed by atoms with E-state index in [0.717, 1.165) is 50.9 Å². The third-order valence-corrected chi connectivity index (χ3v) is 3.74. The number of carbonyl (C=O) groups excluding carboxylic acids is 2. The Morgan fingerprint density at radius 3 is 2.25 bits per heavy atom. The van der Waals surface area contributed by atoms with Crippen molar-refractivity contribution < 1.29 is 14.3 Å². The van der Waals surface area contributed by atoms with Gasteiger partial charge in [0.15, 0.2) is 0 Å². The molecule has 24 heavy (non-hydrogen) atoms. The summed E-state index contributed by atoms with van der Waals surface area (Å²) in [5, 5.41) is 0. The Balaban J connectivity index is 2.40. The smallest absolute Gasteiger partial charge is 0.320 e. The molecule has 0 unspecified atom stereocenters. The molecule has 1 aromatic carbocycles. The molecule has 0 radical (unpaired) electrons. The Kier molecular flexibility index (Phi) is 10.7. The highest BCUT2D eigenvalue weighted by atomic mass is 16.5. The molecule has 5 nitrogen and oxygen atoms in total. The largest absolute Gasteiger partial charge is 0.460 e. The zero-order valence-electron chi connectivity index (χ0n) is 14.9. The number of ether oxygens (including phenoxy) is 1. The molecule has 5 heteroatoms. The van der Waals surface area contributed by atoms with Gasteiger partial charge in [-0.1, -0.05) is 44.2 Å². The monoisotopic (exact) mass is 334 g/mol. The van der Waals surface area contributed by atoms with Crippen LogP contribution in [0.1, 0.15) is 32.3 Å². The van der Waals surface area contributed by atoms with Crippen LogP contribution in [-0.4, -0.2) is 61.3 Å². The SMILES string of the molecule is CCCN(CC=O)CCN(CCC)CC(=O)OCc1ccccc1. The Bertz CT molecular complexity index is 465. The summed E-state index contributed by atoms with van der Waals surface area (Å²) in [5.41, 5.74) is 0.994. The van der Waals surface area contributed by atoms with Crippen LogP contribution in [0.25, 0.3) is 0 Å². The maximum absolute atomic E-state index is 12.1. The first kappa shape index (κ1) is 20.3. The first-order valence-electron chi connectivity index (χ1n) is 8.77. The molecule has 0 amide bonds. The van der Waals surface area contributed by atoms with Crippen molar-refractivity contribution in [1.82, 2.24) is 9.80 Å². The van der Waals surface area contributed by atoms with Crippen LogP contribution < -0.4 is 0 Å². The predicted molar refractivity (Wildman–Crippen MR) is 95.8 cm³/mol. The molecular weight excluding hydrogens is 304 g/mol. The van der Waals surface area contributed by atoms with Gasteiger partial charge in [0.2, 0.25) is 0 Å². The van der Waals surface area contributed by atoms with E-state index in [1.165, 1.54) is 0 Å². The summed E-state index contributed by atoms with van der Waals surface area (Å²) in [5.74, 6) is -0.204. The summed E-state index contributed by atoms with van der Waals surface area (Å²) >= 11 is 0. The first-order chi connectivity index (χ1) is 11.7. The molecule has 0 saturated carbocycles. The number of hydrogen-bond donors (Lipinski definition) is 0. The molecule has 0 spiro atoms. The number of hydrogen-bond acceptors (Lipinski definition) is 5. The lowest BCUT2D eigenvalue weighted by Gasteiger charge is -2.25.